The van der Waals surface area contributed by atoms with Crippen LogP contribution in [0.2, 0.25) is 0 Å². The molecule has 2 aromatic rings. The molecular weight excluding hydrogens is 420 g/mol. The van der Waals surface area contributed by atoms with Crippen LogP contribution in [0.4, 0.5) is 0 Å². The molecule has 0 saturated heterocycles. The van der Waals surface area contributed by atoms with E-state index in [1.807, 2.05) is 37.3 Å². The van der Waals surface area contributed by atoms with Crippen LogP contribution in [0.5, 0.6) is 5.75 Å². The Morgan fingerprint density at radius 1 is 1.12 bits per heavy atom. The molecule has 0 aliphatic carbocycles. The van der Waals surface area contributed by atoms with Crippen molar-refractivity contribution >= 4 is 17.1 Å². The molecule has 0 spiro atoms. The first-order valence-corrected chi connectivity index (χ1v) is 12.4. The summed E-state index contributed by atoms with van der Waals surface area (Å²) in [5.41, 5.74) is 0.458. The zero-order valence-electron chi connectivity index (χ0n) is 21.0. The van der Waals surface area contributed by atoms with Gasteiger partial charge in [-0.25, -0.2) is 4.79 Å². The van der Waals surface area contributed by atoms with Gasteiger partial charge >= 0.3 is 5.63 Å². The SMILES string of the molecule is C/C=C/CCC(C)c1cc(O)c(C(=O)C(C)C)c(=O)o1.Cc1cc(CCC(C)C)sc1C. The van der Waals surface area contributed by atoms with Crippen LogP contribution in [-0.4, -0.2) is 10.9 Å². The number of thiophene rings is 1. The first kappa shape index (κ1) is 27.9. The summed E-state index contributed by atoms with van der Waals surface area (Å²) in [6.07, 6.45) is 8.26. The first-order chi connectivity index (χ1) is 15.0. The number of Topliss-reactive ketones (excluding diaryl/α,β-unsaturated/α-hetero) is 1. The van der Waals surface area contributed by atoms with Crippen LogP contribution in [0.25, 0.3) is 0 Å². The molecule has 0 radical (unpaired) electrons. The van der Waals surface area contributed by atoms with Gasteiger partial charge in [0.25, 0.3) is 0 Å². The van der Waals surface area contributed by atoms with Crippen LogP contribution >= 0.6 is 11.3 Å². The molecule has 0 aliphatic rings. The number of ketones is 1. The fourth-order valence-corrected chi connectivity index (χ4v) is 4.19. The Balaban J connectivity index is 0.000000363. The number of rotatable bonds is 9. The summed E-state index contributed by atoms with van der Waals surface area (Å²) in [6, 6.07) is 3.72. The van der Waals surface area contributed by atoms with Crippen molar-refractivity contribution in [3.05, 3.63) is 61.3 Å². The van der Waals surface area contributed by atoms with Crippen LogP contribution in [0.3, 0.4) is 0 Å². The largest absolute Gasteiger partial charge is 0.507 e. The average Bonchev–Trinajstić information content (AvgIpc) is 3.03. The number of carbonyl (C=O) groups is 1. The number of allylic oxidation sites excluding steroid dienone is 2. The number of hydrogen-bond acceptors (Lipinski definition) is 5. The zero-order chi connectivity index (χ0) is 24.4. The monoisotopic (exact) mass is 460 g/mol. The lowest BCUT2D eigenvalue weighted by molar-refractivity contribution is 0.0931. The molecule has 1 atom stereocenters. The summed E-state index contributed by atoms with van der Waals surface area (Å²) in [5, 5.41) is 9.92. The van der Waals surface area contributed by atoms with Crippen LogP contribution in [0.1, 0.15) is 98.2 Å². The van der Waals surface area contributed by atoms with Gasteiger partial charge in [-0.15, -0.1) is 11.3 Å². The van der Waals surface area contributed by atoms with E-state index in [9.17, 15) is 14.7 Å². The third-order valence-electron chi connectivity index (χ3n) is 5.39. The highest BCUT2D eigenvalue weighted by molar-refractivity contribution is 7.12. The van der Waals surface area contributed by atoms with Crippen molar-refractivity contribution in [1.29, 1.82) is 0 Å². The van der Waals surface area contributed by atoms with Crippen LogP contribution in [0.15, 0.2) is 33.5 Å². The highest BCUT2D eigenvalue weighted by atomic mass is 32.1. The van der Waals surface area contributed by atoms with E-state index in [1.165, 1.54) is 29.3 Å². The molecule has 178 valence electrons. The van der Waals surface area contributed by atoms with Crippen molar-refractivity contribution in [2.24, 2.45) is 11.8 Å². The van der Waals surface area contributed by atoms with Gasteiger partial charge in [-0.05, 0) is 64.0 Å². The van der Waals surface area contributed by atoms with E-state index < -0.39 is 11.4 Å². The van der Waals surface area contributed by atoms with Crippen LogP contribution < -0.4 is 5.63 Å². The van der Waals surface area contributed by atoms with E-state index in [0.29, 0.717) is 5.76 Å². The lowest BCUT2D eigenvalue weighted by atomic mass is 9.98. The lowest BCUT2D eigenvalue weighted by Gasteiger charge is -2.11. The Kier molecular flexibility index (Phi) is 11.7. The number of aryl methyl sites for hydroxylation is 3. The third kappa shape index (κ3) is 8.78. The van der Waals surface area contributed by atoms with E-state index in [0.717, 1.165) is 18.8 Å². The molecule has 0 aliphatic heterocycles. The molecule has 2 rings (SSSR count). The first-order valence-electron chi connectivity index (χ1n) is 11.6. The second-order valence-corrected chi connectivity index (χ2v) is 10.5. The van der Waals surface area contributed by atoms with Gasteiger partial charge in [0.15, 0.2) is 5.78 Å². The third-order valence-corrected chi connectivity index (χ3v) is 6.61. The van der Waals surface area contributed by atoms with Crippen molar-refractivity contribution in [2.45, 2.75) is 87.0 Å². The summed E-state index contributed by atoms with van der Waals surface area (Å²) in [4.78, 5) is 26.8. The van der Waals surface area contributed by atoms with E-state index in [-0.39, 0.29) is 23.1 Å². The molecule has 1 unspecified atom stereocenters. The normalized spacial score (nSPS) is 12.3. The van der Waals surface area contributed by atoms with Gasteiger partial charge in [0, 0.05) is 27.7 Å². The second-order valence-electron chi connectivity index (χ2n) is 9.15. The van der Waals surface area contributed by atoms with Crippen molar-refractivity contribution in [3.8, 4) is 5.75 Å². The van der Waals surface area contributed by atoms with E-state index in [1.54, 1.807) is 18.7 Å². The Morgan fingerprint density at radius 3 is 2.25 bits per heavy atom. The molecule has 5 heteroatoms. The quantitative estimate of drug-likeness (QED) is 0.309. The minimum absolute atomic E-state index is 0.00741. The zero-order valence-corrected chi connectivity index (χ0v) is 21.8. The van der Waals surface area contributed by atoms with Gasteiger partial charge in [-0.3, -0.25) is 4.79 Å². The Hall–Kier alpha value is -2.14. The van der Waals surface area contributed by atoms with E-state index in [2.05, 4.69) is 33.8 Å². The predicted octanol–water partition coefficient (Wildman–Crippen LogP) is 7.60. The smallest absolute Gasteiger partial charge is 0.350 e. The molecular formula is C27H40O4S. The molecule has 32 heavy (non-hydrogen) atoms. The maximum atomic E-state index is 11.9. The molecule has 2 heterocycles. The van der Waals surface area contributed by atoms with E-state index in [4.69, 9.17) is 4.42 Å². The van der Waals surface area contributed by atoms with Crippen LogP contribution in [0, 0.1) is 25.7 Å². The molecule has 0 saturated carbocycles. The van der Waals surface area contributed by atoms with Gasteiger partial charge in [-0.2, -0.15) is 0 Å². The van der Waals surface area contributed by atoms with Crippen LogP contribution in [-0.2, 0) is 6.42 Å². The van der Waals surface area contributed by atoms with Gasteiger partial charge < -0.3 is 9.52 Å². The molecule has 0 fully saturated rings. The average molecular weight is 461 g/mol. The maximum absolute atomic E-state index is 11.9. The molecule has 2 aromatic heterocycles. The number of aromatic hydroxyl groups is 1. The molecule has 4 nitrogen and oxygen atoms in total. The van der Waals surface area contributed by atoms with Gasteiger partial charge in [0.2, 0.25) is 0 Å². The minimum Gasteiger partial charge on any atom is -0.507 e. The molecule has 1 N–H and O–H groups in total. The lowest BCUT2D eigenvalue weighted by Crippen LogP contribution is -2.19. The highest BCUT2D eigenvalue weighted by Gasteiger charge is 2.22. The number of carbonyl (C=O) groups excluding carboxylic acids is 1. The Bertz CT molecular complexity index is 928. The maximum Gasteiger partial charge on any atom is 0.350 e. The molecule has 0 aromatic carbocycles. The topological polar surface area (TPSA) is 67.5 Å². The molecule has 0 bridgehead atoms. The van der Waals surface area contributed by atoms with Gasteiger partial charge in [0.05, 0.1) is 0 Å². The minimum atomic E-state index is -0.753. The summed E-state index contributed by atoms with van der Waals surface area (Å²) in [7, 11) is 0. The predicted molar refractivity (Wildman–Crippen MR) is 135 cm³/mol. The van der Waals surface area contributed by atoms with Crippen molar-refractivity contribution < 1.29 is 14.3 Å². The Labute approximate surface area is 197 Å². The summed E-state index contributed by atoms with van der Waals surface area (Å²) in [6.45, 7) is 16.2. The second kappa shape index (κ2) is 13.4. The van der Waals surface area contributed by atoms with Gasteiger partial charge in [-0.1, -0.05) is 46.8 Å². The fraction of sp³-hybridized carbons (Fsp3) is 0.556. The summed E-state index contributed by atoms with van der Waals surface area (Å²) < 4.78 is 5.19. The fourth-order valence-electron chi connectivity index (χ4n) is 3.12. The Morgan fingerprint density at radius 2 is 1.78 bits per heavy atom. The molecule has 0 amide bonds. The van der Waals surface area contributed by atoms with Gasteiger partial charge in [0.1, 0.15) is 17.1 Å². The van der Waals surface area contributed by atoms with Crippen molar-refractivity contribution in [1.82, 2.24) is 0 Å². The van der Waals surface area contributed by atoms with Crippen molar-refractivity contribution in [3.63, 3.8) is 0 Å². The highest BCUT2D eigenvalue weighted by Crippen LogP contribution is 2.26. The van der Waals surface area contributed by atoms with Crippen molar-refractivity contribution in [2.75, 3.05) is 0 Å². The standard InChI is InChI=1S/C16H22O4.C11H18S/c1-5-6-7-8-11(4)13-9-12(17)14(16(19)20-13)15(18)10(2)3;1-8(2)5-6-11-7-9(3)10(4)12-11/h5-6,9-11,17H,7-8H2,1-4H3;7-8H,5-6H2,1-4H3/b6-5+;. The number of hydrogen-bond donors (Lipinski definition) is 1. The summed E-state index contributed by atoms with van der Waals surface area (Å²) >= 11 is 1.96. The van der Waals surface area contributed by atoms with E-state index >= 15 is 0 Å². The summed E-state index contributed by atoms with van der Waals surface area (Å²) in [5.74, 6) is 0.206.